The van der Waals surface area contributed by atoms with Crippen LogP contribution in [0.5, 0.6) is 0 Å². The van der Waals surface area contributed by atoms with Crippen molar-refractivity contribution in [3.63, 3.8) is 0 Å². The first-order chi connectivity index (χ1) is 16.2. The van der Waals surface area contributed by atoms with Crippen LogP contribution in [-0.4, -0.2) is 15.6 Å². The molecule has 0 bridgehead atoms. The summed E-state index contributed by atoms with van der Waals surface area (Å²) in [7, 11) is 0. The number of benzene rings is 3. The maximum absolute atomic E-state index is 11.3. The molecule has 0 spiro atoms. The predicted molar refractivity (Wildman–Crippen MR) is 130 cm³/mol. The quantitative estimate of drug-likeness (QED) is 0.300. The molecule has 0 unspecified atom stereocenters. The molecule has 0 aliphatic rings. The summed E-state index contributed by atoms with van der Waals surface area (Å²) in [6.07, 6.45) is 2.56. The lowest BCUT2D eigenvalue weighted by atomic mass is 10.0. The summed E-state index contributed by atoms with van der Waals surface area (Å²) >= 11 is 0. The summed E-state index contributed by atoms with van der Waals surface area (Å²) < 4.78 is 8.18. The van der Waals surface area contributed by atoms with Crippen molar-refractivity contribution in [1.29, 1.82) is 0 Å². The van der Waals surface area contributed by atoms with Gasteiger partial charge in [0.1, 0.15) is 0 Å². The van der Waals surface area contributed by atoms with Crippen LogP contribution >= 0.6 is 0 Å². The Bertz CT molecular complexity index is 1350. The molecule has 162 valence electrons. The maximum atomic E-state index is 11.3. The predicted octanol–water partition coefficient (Wildman–Crippen LogP) is 7.02. The fourth-order valence-corrected chi connectivity index (χ4v) is 4.21. The van der Waals surface area contributed by atoms with E-state index in [1.165, 1.54) is 5.56 Å². The average Bonchev–Trinajstić information content (AvgIpc) is 3.52. The van der Waals surface area contributed by atoms with E-state index in [0.717, 1.165) is 46.8 Å². The third-order valence-electron chi connectivity index (χ3n) is 5.83. The fourth-order valence-electron chi connectivity index (χ4n) is 4.21. The molecule has 0 saturated carbocycles. The lowest BCUT2D eigenvalue weighted by Crippen LogP contribution is -2.05. The highest BCUT2D eigenvalue weighted by Crippen LogP contribution is 2.39. The van der Waals surface area contributed by atoms with E-state index in [1.54, 1.807) is 18.4 Å². The van der Waals surface area contributed by atoms with Crippen LogP contribution in [0.3, 0.4) is 0 Å². The molecule has 3 aromatic carbocycles. The summed E-state index contributed by atoms with van der Waals surface area (Å²) in [6.45, 7) is 0.775. The molecule has 5 aromatic rings. The Morgan fingerprint density at radius 3 is 2.12 bits per heavy atom. The minimum absolute atomic E-state index is 0.269. The van der Waals surface area contributed by atoms with Gasteiger partial charge in [0.05, 0.1) is 17.5 Å². The van der Waals surface area contributed by atoms with E-state index < -0.39 is 5.97 Å². The summed E-state index contributed by atoms with van der Waals surface area (Å²) in [5.41, 5.74) is 6.68. The van der Waals surface area contributed by atoms with E-state index in [0.29, 0.717) is 0 Å². The first-order valence-corrected chi connectivity index (χ1v) is 10.9. The van der Waals surface area contributed by atoms with Crippen LogP contribution < -0.4 is 0 Å². The highest BCUT2D eigenvalue weighted by atomic mass is 16.4. The van der Waals surface area contributed by atoms with Gasteiger partial charge in [-0.1, -0.05) is 72.8 Å². The Hall–Kier alpha value is -4.31. The molecule has 0 amide bonds. The van der Waals surface area contributed by atoms with E-state index >= 15 is 0 Å². The Morgan fingerprint density at radius 2 is 1.48 bits per heavy atom. The number of hydrogen-bond acceptors (Lipinski definition) is 2. The molecule has 0 radical (unpaired) electrons. The maximum Gasteiger partial charge on any atom is 0.335 e. The van der Waals surface area contributed by atoms with Crippen molar-refractivity contribution >= 4 is 5.97 Å². The second-order valence-corrected chi connectivity index (χ2v) is 7.90. The second kappa shape index (κ2) is 9.05. The zero-order valence-electron chi connectivity index (χ0n) is 18.0. The van der Waals surface area contributed by atoms with Gasteiger partial charge in [-0.3, -0.25) is 0 Å². The van der Waals surface area contributed by atoms with E-state index in [-0.39, 0.29) is 5.56 Å². The van der Waals surface area contributed by atoms with Gasteiger partial charge in [0, 0.05) is 17.8 Å². The highest BCUT2D eigenvalue weighted by molar-refractivity contribution is 5.90. The lowest BCUT2D eigenvalue weighted by Gasteiger charge is -2.14. The third-order valence-corrected chi connectivity index (χ3v) is 5.83. The molecule has 4 heteroatoms. The highest BCUT2D eigenvalue weighted by Gasteiger charge is 2.21. The molecule has 33 heavy (non-hydrogen) atoms. The van der Waals surface area contributed by atoms with Gasteiger partial charge < -0.3 is 14.1 Å². The average molecular weight is 434 g/mol. The Balaban J connectivity index is 1.68. The van der Waals surface area contributed by atoms with Crippen molar-refractivity contribution in [3.05, 3.63) is 121 Å². The molecule has 0 aliphatic heterocycles. The van der Waals surface area contributed by atoms with Gasteiger partial charge in [-0.05, 0) is 53.4 Å². The smallest absolute Gasteiger partial charge is 0.335 e. The van der Waals surface area contributed by atoms with Crippen molar-refractivity contribution in [1.82, 2.24) is 4.57 Å². The molecule has 0 saturated heterocycles. The van der Waals surface area contributed by atoms with Crippen molar-refractivity contribution in [2.45, 2.75) is 13.0 Å². The molecule has 0 aliphatic carbocycles. The minimum atomic E-state index is -0.932. The zero-order chi connectivity index (χ0) is 22.6. The number of furan rings is 1. The van der Waals surface area contributed by atoms with Gasteiger partial charge in [-0.15, -0.1) is 0 Å². The molecule has 0 atom stereocenters. The van der Waals surface area contributed by atoms with Gasteiger partial charge in [0.25, 0.3) is 0 Å². The van der Waals surface area contributed by atoms with Crippen LogP contribution in [0.25, 0.3) is 33.8 Å². The van der Waals surface area contributed by atoms with Gasteiger partial charge in [-0.2, -0.15) is 0 Å². The lowest BCUT2D eigenvalue weighted by molar-refractivity contribution is 0.0697. The fraction of sp³-hybridized carbons (Fsp3) is 0.0690. The molecular weight excluding hydrogens is 410 g/mol. The summed E-state index contributed by atoms with van der Waals surface area (Å²) in [5.74, 6) is -0.152. The molecule has 2 heterocycles. The van der Waals surface area contributed by atoms with E-state index in [4.69, 9.17) is 4.42 Å². The zero-order valence-corrected chi connectivity index (χ0v) is 18.0. The summed E-state index contributed by atoms with van der Waals surface area (Å²) in [5, 5.41) is 9.31. The van der Waals surface area contributed by atoms with Crippen LogP contribution in [0.15, 0.2) is 114 Å². The number of aromatic nitrogens is 1. The third kappa shape index (κ3) is 4.23. The van der Waals surface area contributed by atoms with Crippen molar-refractivity contribution in [3.8, 4) is 33.8 Å². The van der Waals surface area contributed by atoms with E-state index in [9.17, 15) is 9.90 Å². The first-order valence-electron chi connectivity index (χ1n) is 10.9. The molecule has 4 nitrogen and oxygen atoms in total. The molecular formula is C29H23NO3. The number of carbonyl (C=O) groups is 1. The first kappa shape index (κ1) is 20.6. The largest absolute Gasteiger partial charge is 0.478 e. The van der Waals surface area contributed by atoms with E-state index in [2.05, 4.69) is 47.0 Å². The molecule has 5 rings (SSSR count). The molecule has 1 N–H and O–H groups in total. The molecule has 0 fully saturated rings. The topological polar surface area (TPSA) is 55.4 Å². The van der Waals surface area contributed by atoms with Crippen molar-refractivity contribution in [2.24, 2.45) is 0 Å². The van der Waals surface area contributed by atoms with Gasteiger partial charge >= 0.3 is 5.97 Å². The van der Waals surface area contributed by atoms with E-state index in [1.807, 2.05) is 48.5 Å². The van der Waals surface area contributed by atoms with Gasteiger partial charge in [-0.25, -0.2) is 4.79 Å². The minimum Gasteiger partial charge on any atom is -0.478 e. The van der Waals surface area contributed by atoms with Crippen molar-refractivity contribution < 1.29 is 14.3 Å². The molecule has 2 aromatic heterocycles. The Kier molecular flexibility index (Phi) is 5.64. The van der Waals surface area contributed by atoms with Gasteiger partial charge in [0.2, 0.25) is 0 Å². The Morgan fingerprint density at radius 1 is 0.788 bits per heavy atom. The normalized spacial score (nSPS) is 10.9. The SMILES string of the molecule is O=C(O)c1ccc(-c2cc(-c3ccccc3)n(CCc3ccccc3)c2-c2ccco2)cc1. The second-order valence-electron chi connectivity index (χ2n) is 7.90. The summed E-state index contributed by atoms with van der Waals surface area (Å²) in [4.78, 5) is 11.3. The van der Waals surface area contributed by atoms with Crippen LogP contribution in [-0.2, 0) is 13.0 Å². The summed E-state index contributed by atoms with van der Waals surface area (Å²) in [6, 6.07) is 33.8. The monoisotopic (exact) mass is 433 g/mol. The Labute approximate surface area is 192 Å². The number of rotatable bonds is 7. The van der Waals surface area contributed by atoms with Crippen LogP contribution in [0.2, 0.25) is 0 Å². The number of hydrogen-bond donors (Lipinski definition) is 1. The number of carboxylic acids is 1. The van der Waals surface area contributed by atoms with Gasteiger partial charge in [0.15, 0.2) is 5.76 Å². The van der Waals surface area contributed by atoms with Crippen LogP contribution in [0.1, 0.15) is 15.9 Å². The number of aromatic carboxylic acids is 1. The standard InChI is InChI=1S/C29H23NO3/c31-29(32)24-15-13-22(14-16-24)25-20-26(23-10-5-2-6-11-23)30(28(25)27-12-7-19-33-27)18-17-21-8-3-1-4-9-21/h1-16,19-20H,17-18H2,(H,31,32). The van der Waals surface area contributed by atoms with Crippen LogP contribution in [0, 0.1) is 0 Å². The van der Waals surface area contributed by atoms with Crippen molar-refractivity contribution in [2.75, 3.05) is 0 Å². The number of nitrogens with zero attached hydrogens (tertiary/aromatic N) is 1. The van der Waals surface area contributed by atoms with Crippen LogP contribution in [0.4, 0.5) is 0 Å². The number of aryl methyl sites for hydroxylation is 1. The number of carboxylic acid groups (broad SMARTS) is 1.